The number of carbonyl (C=O) groups is 1. The van der Waals surface area contributed by atoms with Crippen LogP contribution in [-0.2, 0) is 24.3 Å². The van der Waals surface area contributed by atoms with Crippen molar-refractivity contribution < 1.29 is 9.53 Å². The molecule has 0 atom stereocenters. The molecule has 1 aliphatic rings. The molecule has 1 amide bonds. The fourth-order valence-corrected chi connectivity index (χ4v) is 2.72. The zero-order valence-corrected chi connectivity index (χ0v) is 14.2. The lowest BCUT2D eigenvalue weighted by molar-refractivity contribution is 0.140. The topological polar surface area (TPSA) is 50.4 Å². The fourth-order valence-electron chi connectivity index (χ4n) is 2.72. The van der Waals surface area contributed by atoms with Gasteiger partial charge < -0.3 is 15.4 Å². The molecule has 0 fully saturated rings. The van der Waals surface area contributed by atoms with Crippen molar-refractivity contribution in [2.24, 2.45) is 0 Å². The van der Waals surface area contributed by atoms with Gasteiger partial charge in [0.1, 0.15) is 6.61 Å². The fraction of sp³-hybridized carbons (Fsp3) is 0.286. The monoisotopic (exact) mass is 334 g/mol. The zero-order valence-electron chi connectivity index (χ0n) is 14.2. The molecule has 0 saturated heterocycles. The molecule has 0 unspecified atom stereocenters. The minimum atomic E-state index is -0.412. The molecule has 0 aromatic heterocycles. The summed E-state index contributed by atoms with van der Waals surface area (Å²) in [5, 5.41) is 6.09. The molecule has 2 N–H and O–H groups in total. The Balaban J connectivity index is 1.38. The number of carbonyl (C=O) groups excluding carboxylic acids is 1. The van der Waals surface area contributed by atoms with Crippen LogP contribution >= 0.6 is 0 Å². The normalized spacial score (nSPS) is 12.5. The second-order valence-electron chi connectivity index (χ2n) is 5.95. The minimum absolute atomic E-state index is 0.279. The third-order valence-corrected chi connectivity index (χ3v) is 4.06. The zero-order chi connectivity index (χ0) is 17.3. The van der Waals surface area contributed by atoms with Gasteiger partial charge in [0.2, 0.25) is 0 Å². The summed E-state index contributed by atoms with van der Waals surface area (Å²) in [6.07, 6.45) is 1.26. The van der Waals surface area contributed by atoms with E-state index >= 15 is 0 Å². The van der Waals surface area contributed by atoms with Crippen LogP contribution in [0.1, 0.15) is 28.7 Å². The summed E-state index contributed by atoms with van der Waals surface area (Å²) in [5.41, 5.74) is 4.74. The Hall–Kier alpha value is -2.77. The predicted octanol–water partition coefficient (Wildman–Crippen LogP) is 3.00. The molecule has 2 aromatic carbocycles. The maximum absolute atomic E-state index is 11.6. The molecule has 0 spiro atoms. The van der Waals surface area contributed by atoms with Gasteiger partial charge in [-0.2, -0.15) is 0 Å². The molecule has 4 heteroatoms. The summed E-state index contributed by atoms with van der Waals surface area (Å²) >= 11 is 0. The molecule has 25 heavy (non-hydrogen) atoms. The third kappa shape index (κ3) is 5.37. The summed E-state index contributed by atoms with van der Waals surface area (Å²) in [5.74, 6) is 6.25. The number of ether oxygens (including phenoxy) is 1. The lowest BCUT2D eigenvalue weighted by Crippen LogP contribution is -2.24. The van der Waals surface area contributed by atoms with Crippen molar-refractivity contribution in [1.29, 1.82) is 0 Å². The molecule has 0 bridgehead atoms. The van der Waals surface area contributed by atoms with Crippen molar-refractivity contribution in [3.63, 3.8) is 0 Å². The molecular formula is C21H22N2O2. The van der Waals surface area contributed by atoms with Crippen LogP contribution in [0.25, 0.3) is 0 Å². The second-order valence-corrected chi connectivity index (χ2v) is 5.95. The molecule has 128 valence electrons. The van der Waals surface area contributed by atoms with Crippen LogP contribution in [-0.4, -0.2) is 19.2 Å². The van der Waals surface area contributed by atoms with Crippen LogP contribution in [0.4, 0.5) is 4.79 Å². The molecule has 0 radical (unpaired) electrons. The van der Waals surface area contributed by atoms with Crippen LogP contribution in [0.2, 0.25) is 0 Å². The first-order valence-electron chi connectivity index (χ1n) is 8.57. The molecule has 0 saturated carbocycles. The van der Waals surface area contributed by atoms with E-state index in [1.165, 1.54) is 11.1 Å². The first kappa shape index (κ1) is 17.1. The standard InChI is InChI=1S/C21H22N2O2/c24-21(25-16-18-7-2-1-3-8-18)23-12-5-4-6-17-9-10-19-11-13-22-15-20(19)14-17/h1-3,7-10,14,22H,5,11-13,15-16H2,(H,23,24). The van der Waals surface area contributed by atoms with Gasteiger partial charge in [0.25, 0.3) is 0 Å². The van der Waals surface area contributed by atoms with Crippen LogP contribution in [0, 0.1) is 11.8 Å². The highest BCUT2D eigenvalue weighted by atomic mass is 16.5. The average molecular weight is 334 g/mol. The summed E-state index contributed by atoms with van der Waals surface area (Å²) in [6, 6.07) is 16.0. The smallest absolute Gasteiger partial charge is 0.407 e. The van der Waals surface area contributed by atoms with Gasteiger partial charge in [0, 0.05) is 25.1 Å². The molecule has 0 aliphatic carbocycles. The third-order valence-electron chi connectivity index (χ3n) is 4.06. The largest absolute Gasteiger partial charge is 0.445 e. The Labute approximate surface area is 148 Å². The SMILES string of the molecule is O=C(NCCC#Cc1ccc2c(c1)CNCC2)OCc1ccccc1. The van der Waals surface area contributed by atoms with Gasteiger partial charge in [-0.25, -0.2) is 4.79 Å². The van der Waals surface area contributed by atoms with Crippen LogP contribution in [0.3, 0.4) is 0 Å². The highest BCUT2D eigenvalue weighted by Crippen LogP contribution is 2.15. The van der Waals surface area contributed by atoms with Crippen molar-refractivity contribution in [3.8, 4) is 11.8 Å². The van der Waals surface area contributed by atoms with Crippen LogP contribution < -0.4 is 10.6 Å². The Morgan fingerprint density at radius 2 is 2.04 bits per heavy atom. The van der Waals surface area contributed by atoms with Crippen molar-refractivity contribution in [2.75, 3.05) is 13.1 Å². The van der Waals surface area contributed by atoms with Gasteiger partial charge in [-0.05, 0) is 41.8 Å². The molecule has 3 rings (SSSR count). The quantitative estimate of drug-likeness (QED) is 0.667. The minimum Gasteiger partial charge on any atom is -0.445 e. The lowest BCUT2D eigenvalue weighted by atomic mass is 9.99. The number of hydrogen-bond donors (Lipinski definition) is 2. The summed E-state index contributed by atoms with van der Waals surface area (Å²) in [6.45, 7) is 2.72. The highest BCUT2D eigenvalue weighted by molar-refractivity contribution is 5.67. The van der Waals surface area contributed by atoms with Gasteiger partial charge in [-0.3, -0.25) is 0 Å². The number of amides is 1. The lowest BCUT2D eigenvalue weighted by Gasteiger charge is -2.16. The van der Waals surface area contributed by atoms with Crippen LogP contribution in [0.15, 0.2) is 48.5 Å². The Morgan fingerprint density at radius 1 is 1.16 bits per heavy atom. The molecule has 2 aromatic rings. The Kier molecular flexibility index (Phi) is 6.08. The summed E-state index contributed by atoms with van der Waals surface area (Å²) in [4.78, 5) is 11.6. The van der Waals surface area contributed by atoms with E-state index < -0.39 is 6.09 Å². The van der Waals surface area contributed by atoms with E-state index in [1.807, 2.05) is 30.3 Å². The van der Waals surface area contributed by atoms with Crippen LogP contribution in [0.5, 0.6) is 0 Å². The van der Waals surface area contributed by atoms with E-state index in [0.717, 1.165) is 30.6 Å². The van der Waals surface area contributed by atoms with E-state index in [-0.39, 0.29) is 6.61 Å². The molecule has 1 heterocycles. The van der Waals surface area contributed by atoms with Crippen molar-refractivity contribution in [2.45, 2.75) is 26.0 Å². The van der Waals surface area contributed by atoms with E-state index in [9.17, 15) is 4.79 Å². The van der Waals surface area contributed by atoms with E-state index in [4.69, 9.17) is 4.74 Å². The Morgan fingerprint density at radius 3 is 2.92 bits per heavy atom. The Bertz CT molecular complexity index is 775. The molecule has 4 nitrogen and oxygen atoms in total. The maximum atomic E-state index is 11.6. The van der Waals surface area contributed by atoms with Gasteiger partial charge in [-0.15, -0.1) is 0 Å². The summed E-state index contributed by atoms with van der Waals surface area (Å²) < 4.78 is 5.15. The first-order chi connectivity index (χ1) is 12.3. The van der Waals surface area contributed by atoms with Gasteiger partial charge >= 0.3 is 6.09 Å². The number of alkyl carbamates (subject to hydrolysis) is 1. The number of rotatable bonds is 4. The van der Waals surface area contributed by atoms with E-state index in [1.54, 1.807) is 0 Å². The summed E-state index contributed by atoms with van der Waals surface area (Å²) in [7, 11) is 0. The van der Waals surface area contributed by atoms with E-state index in [2.05, 4.69) is 40.7 Å². The van der Waals surface area contributed by atoms with E-state index in [0.29, 0.717) is 13.0 Å². The maximum Gasteiger partial charge on any atom is 0.407 e. The van der Waals surface area contributed by atoms with Crippen molar-refractivity contribution >= 4 is 6.09 Å². The van der Waals surface area contributed by atoms with Crippen molar-refractivity contribution in [3.05, 3.63) is 70.8 Å². The number of nitrogens with one attached hydrogen (secondary N) is 2. The average Bonchev–Trinajstić information content (AvgIpc) is 2.67. The van der Waals surface area contributed by atoms with Gasteiger partial charge in [-0.1, -0.05) is 48.2 Å². The number of hydrogen-bond acceptors (Lipinski definition) is 3. The molecule has 1 aliphatic heterocycles. The van der Waals surface area contributed by atoms with Gasteiger partial charge in [0.05, 0.1) is 0 Å². The number of fused-ring (bicyclic) bond motifs is 1. The molecular weight excluding hydrogens is 312 g/mol. The van der Waals surface area contributed by atoms with Gasteiger partial charge in [0.15, 0.2) is 0 Å². The first-order valence-corrected chi connectivity index (χ1v) is 8.57. The number of benzene rings is 2. The highest BCUT2D eigenvalue weighted by Gasteiger charge is 2.07. The van der Waals surface area contributed by atoms with Crippen molar-refractivity contribution in [1.82, 2.24) is 10.6 Å². The predicted molar refractivity (Wildman–Crippen MR) is 98.0 cm³/mol. The second kappa shape index (κ2) is 8.91.